The monoisotopic (exact) mass is 406 g/mol. The van der Waals surface area contributed by atoms with Gasteiger partial charge in [-0.2, -0.15) is 11.8 Å². The van der Waals surface area contributed by atoms with E-state index in [1.54, 1.807) is 55.3 Å². The van der Waals surface area contributed by atoms with Gasteiger partial charge >= 0.3 is 0 Å². The number of amides is 2. The Hall–Kier alpha value is -3.25. The molecule has 0 heterocycles. The van der Waals surface area contributed by atoms with E-state index in [-0.39, 0.29) is 11.8 Å². The van der Waals surface area contributed by atoms with Crippen LogP contribution in [0.3, 0.4) is 0 Å². The molecular formula is C23H22N2O3S. The lowest BCUT2D eigenvalue weighted by molar-refractivity contribution is 0.101. The smallest absolute Gasteiger partial charge is 0.255 e. The van der Waals surface area contributed by atoms with E-state index in [0.717, 1.165) is 5.75 Å². The lowest BCUT2D eigenvalue weighted by Crippen LogP contribution is -2.14. The summed E-state index contributed by atoms with van der Waals surface area (Å²) >= 11 is 1.74. The van der Waals surface area contributed by atoms with Crippen LogP contribution in [0.1, 0.15) is 26.3 Å². The topological polar surface area (TPSA) is 67.4 Å². The summed E-state index contributed by atoms with van der Waals surface area (Å²) in [5.74, 6) is 1.07. The summed E-state index contributed by atoms with van der Waals surface area (Å²) in [7, 11) is 1.55. The van der Waals surface area contributed by atoms with Crippen LogP contribution in [0.2, 0.25) is 0 Å². The summed E-state index contributed by atoms with van der Waals surface area (Å²) < 4.78 is 5.24. The predicted octanol–water partition coefficient (Wildman–Crippen LogP) is 5.06. The Bertz CT molecular complexity index is 986. The van der Waals surface area contributed by atoms with Crippen molar-refractivity contribution >= 4 is 35.0 Å². The maximum Gasteiger partial charge on any atom is 0.255 e. The van der Waals surface area contributed by atoms with Crippen molar-refractivity contribution in [3.63, 3.8) is 0 Å². The van der Waals surface area contributed by atoms with Crippen LogP contribution in [0, 0.1) is 0 Å². The van der Waals surface area contributed by atoms with E-state index >= 15 is 0 Å². The van der Waals surface area contributed by atoms with Crippen molar-refractivity contribution in [2.75, 3.05) is 24.0 Å². The molecule has 3 aromatic carbocycles. The average Bonchev–Trinajstić information content (AvgIpc) is 2.75. The number of rotatable bonds is 7. The number of thioether (sulfide) groups is 1. The first-order valence-electron chi connectivity index (χ1n) is 9.04. The summed E-state index contributed by atoms with van der Waals surface area (Å²) in [6, 6.07) is 21.5. The third kappa shape index (κ3) is 5.39. The van der Waals surface area contributed by atoms with Gasteiger partial charge in [-0.05, 0) is 60.4 Å². The van der Waals surface area contributed by atoms with E-state index < -0.39 is 0 Å². The van der Waals surface area contributed by atoms with Crippen molar-refractivity contribution in [3.8, 4) is 5.75 Å². The van der Waals surface area contributed by atoms with Gasteiger partial charge in [0, 0.05) is 22.6 Å². The summed E-state index contributed by atoms with van der Waals surface area (Å²) in [6.07, 6.45) is 2.04. The van der Waals surface area contributed by atoms with Gasteiger partial charge in [-0.3, -0.25) is 9.59 Å². The van der Waals surface area contributed by atoms with Crippen LogP contribution in [0.15, 0.2) is 72.8 Å². The van der Waals surface area contributed by atoms with Crippen molar-refractivity contribution < 1.29 is 14.3 Å². The third-order valence-corrected chi connectivity index (χ3v) is 4.91. The minimum atomic E-state index is -0.253. The first-order chi connectivity index (χ1) is 14.1. The number of anilines is 2. The van der Waals surface area contributed by atoms with E-state index in [1.165, 1.54) is 5.56 Å². The number of benzene rings is 3. The van der Waals surface area contributed by atoms with Gasteiger partial charge in [-0.1, -0.05) is 24.3 Å². The van der Waals surface area contributed by atoms with Crippen molar-refractivity contribution in [1.82, 2.24) is 0 Å². The predicted molar refractivity (Wildman–Crippen MR) is 119 cm³/mol. The van der Waals surface area contributed by atoms with E-state index in [4.69, 9.17) is 4.74 Å². The Morgan fingerprint density at radius 1 is 0.828 bits per heavy atom. The Balaban J connectivity index is 1.63. The number of hydrogen-bond acceptors (Lipinski definition) is 4. The highest BCUT2D eigenvalue weighted by atomic mass is 32.2. The lowest BCUT2D eigenvalue weighted by atomic mass is 10.1. The molecule has 2 N–H and O–H groups in total. The molecule has 0 saturated carbocycles. The molecule has 0 radical (unpaired) electrons. The fraction of sp³-hybridized carbons (Fsp3) is 0.130. The van der Waals surface area contributed by atoms with Gasteiger partial charge in [-0.15, -0.1) is 0 Å². The normalized spacial score (nSPS) is 10.3. The summed E-state index contributed by atoms with van der Waals surface area (Å²) in [5.41, 5.74) is 3.47. The lowest BCUT2D eigenvalue weighted by Gasteiger charge is -2.10. The van der Waals surface area contributed by atoms with Crippen LogP contribution in [0.5, 0.6) is 5.75 Å². The summed E-state index contributed by atoms with van der Waals surface area (Å²) in [5, 5.41) is 5.67. The summed E-state index contributed by atoms with van der Waals surface area (Å²) in [4.78, 5) is 24.9. The van der Waals surface area contributed by atoms with Crippen molar-refractivity contribution in [3.05, 3.63) is 89.5 Å². The second-order valence-corrected chi connectivity index (χ2v) is 7.18. The fourth-order valence-corrected chi connectivity index (χ4v) is 3.30. The molecule has 6 heteroatoms. The number of carbonyl (C=O) groups is 2. The van der Waals surface area contributed by atoms with Gasteiger partial charge in [0.25, 0.3) is 11.8 Å². The van der Waals surface area contributed by atoms with Crippen LogP contribution in [0.25, 0.3) is 0 Å². The maximum absolute atomic E-state index is 12.5. The Morgan fingerprint density at radius 3 is 2.03 bits per heavy atom. The zero-order valence-corrected chi connectivity index (χ0v) is 17.1. The minimum absolute atomic E-state index is 0.188. The third-order valence-electron chi connectivity index (χ3n) is 4.29. The van der Waals surface area contributed by atoms with Gasteiger partial charge < -0.3 is 15.4 Å². The standard InChI is InChI=1S/C23H22N2O3S/c1-28-21-6-4-3-5-20(21)25-23(27)18-11-13-19(14-12-18)24-22(26)17-9-7-16(8-10-17)15-29-2/h3-14H,15H2,1-2H3,(H,24,26)(H,25,27). The van der Waals surface area contributed by atoms with E-state index in [9.17, 15) is 9.59 Å². The summed E-state index contributed by atoms with van der Waals surface area (Å²) in [6.45, 7) is 0. The molecule has 0 aromatic heterocycles. The van der Waals surface area contributed by atoms with Crippen LogP contribution < -0.4 is 15.4 Å². The molecule has 2 amide bonds. The van der Waals surface area contributed by atoms with Gasteiger partial charge in [-0.25, -0.2) is 0 Å². The van der Waals surface area contributed by atoms with Crippen LogP contribution in [-0.4, -0.2) is 25.2 Å². The molecular weight excluding hydrogens is 384 g/mol. The van der Waals surface area contributed by atoms with Gasteiger partial charge in [0.05, 0.1) is 12.8 Å². The molecule has 0 fully saturated rings. The van der Waals surface area contributed by atoms with E-state index in [1.807, 2.05) is 42.7 Å². The molecule has 0 bridgehead atoms. The molecule has 0 unspecified atom stereocenters. The van der Waals surface area contributed by atoms with Crippen molar-refractivity contribution in [2.24, 2.45) is 0 Å². The highest BCUT2D eigenvalue weighted by Crippen LogP contribution is 2.24. The van der Waals surface area contributed by atoms with Crippen molar-refractivity contribution in [2.45, 2.75) is 5.75 Å². The minimum Gasteiger partial charge on any atom is -0.495 e. The SMILES string of the molecule is COc1ccccc1NC(=O)c1ccc(NC(=O)c2ccc(CSC)cc2)cc1. The number of carbonyl (C=O) groups excluding carboxylic acids is 2. The first kappa shape index (κ1) is 20.5. The number of methoxy groups -OCH3 is 1. The van der Waals surface area contributed by atoms with Crippen LogP contribution in [0.4, 0.5) is 11.4 Å². The Labute approximate surface area is 174 Å². The van der Waals surface area contributed by atoms with E-state index in [0.29, 0.717) is 28.3 Å². The molecule has 29 heavy (non-hydrogen) atoms. The Kier molecular flexibility index (Phi) is 6.92. The molecule has 3 aromatic rings. The molecule has 0 saturated heterocycles. The van der Waals surface area contributed by atoms with Gasteiger partial charge in [0.1, 0.15) is 5.75 Å². The number of para-hydroxylation sites is 2. The second-order valence-electron chi connectivity index (χ2n) is 6.32. The molecule has 0 aliphatic rings. The number of ether oxygens (including phenoxy) is 1. The Morgan fingerprint density at radius 2 is 1.41 bits per heavy atom. The average molecular weight is 407 g/mol. The molecule has 0 spiro atoms. The fourth-order valence-electron chi connectivity index (χ4n) is 2.77. The zero-order chi connectivity index (χ0) is 20.6. The van der Waals surface area contributed by atoms with Gasteiger partial charge in [0.2, 0.25) is 0 Å². The van der Waals surface area contributed by atoms with Crippen LogP contribution >= 0.6 is 11.8 Å². The molecule has 0 aliphatic heterocycles. The van der Waals surface area contributed by atoms with Crippen molar-refractivity contribution in [1.29, 1.82) is 0 Å². The highest BCUT2D eigenvalue weighted by Gasteiger charge is 2.10. The van der Waals surface area contributed by atoms with Crippen LogP contribution in [-0.2, 0) is 5.75 Å². The largest absolute Gasteiger partial charge is 0.495 e. The molecule has 5 nitrogen and oxygen atoms in total. The molecule has 3 rings (SSSR count). The number of hydrogen-bond donors (Lipinski definition) is 2. The quantitative estimate of drug-likeness (QED) is 0.575. The molecule has 0 atom stereocenters. The highest BCUT2D eigenvalue weighted by molar-refractivity contribution is 7.97. The number of nitrogens with one attached hydrogen (secondary N) is 2. The maximum atomic E-state index is 12.5. The van der Waals surface area contributed by atoms with Gasteiger partial charge in [0.15, 0.2) is 0 Å². The van der Waals surface area contributed by atoms with E-state index in [2.05, 4.69) is 10.6 Å². The molecule has 0 aliphatic carbocycles. The molecule has 148 valence electrons. The second kappa shape index (κ2) is 9.80. The first-order valence-corrected chi connectivity index (χ1v) is 10.4. The zero-order valence-electron chi connectivity index (χ0n) is 16.3.